The second kappa shape index (κ2) is 8.11. The molecule has 152 valence electrons. The van der Waals surface area contributed by atoms with E-state index in [1.165, 1.54) is 20.3 Å². The Balaban J connectivity index is 1.60. The number of rotatable bonds is 8. The fraction of sp³-hybridized carbons (Fsp3) is 0.200. The molecule has 0 fully saturated rings. The number of nitrogens with one attached hydrogen (secondary N) is 2. The van der Waals surface area contributed by atoms with Crippen molar-refractivity contribution in [3.63, 3.8) is 0 Å². The van der Waals surface area contributed by atoms with E-state index in [2.05, 4.69) is 29.9 Å². The summed E-state index contributed by atoms with van der Waals surface area (Å²) >= 11 is 0. The van der Waals surface area contributed by atoms with Crippen LogP contribution in [0, 0.1) is 0 Å². The monoisotopic (exact) mass is 406 g/mol. The normalized spacial score (nSPS) is 10.9. The molecule has 0 bridgehead atoms. The maximum absolute atomic E-state index is 12.7. The van der Waals surface area contributed by atoms with Gasteiger partial charge in [0.15, 0.2) is 11.6 Å². The highest BCUT2D eigenvalue weighted by molar-refractivity contribution is 6.07. The van der Waals surface area contributed by atoms with E-state index >= 15 is 0 Å². The zero-order valence-corrected chi connectivity index (χ0v) is 16.3. The van der Waals surface area contributed by atoms with E-state index in [1.54, 1.807) is 30.6 Å². The number of benzene rings is 1. The first-order valence-electron chi connectivity index (χ1n) is 9.06. The molecular formula is C20H18N6O4. The van der Waals surface area contributed by atoms with Crippen LogP contribution in [-0.4, -0.2) is 55.7 Å². The lowest BCUT2D eigenvalue weighted by molar-refractivity contribution is 0.0980. The summed E-state index contributed by atoms with van der Waals surface area (Å²) in [6.45, 7) is 0. The van der Waals surface area contributed by atoms with Crippen LogP contribution in [0.2, 0.25) is 0 Å². The van der Waals surface area contributed by atoms with E-state index in [4.69, 9.17) is 9.47 Å². The maximum atomic E-state index is 12.7. The summed E-state index contributed by atoms with van der Waals surface area (Å²) in [7, 11) is 2.85. The SMILES string of the molecule is COc1cc(C(=O)Cc2nc3c(C(=O)Cc4ncc[nH]4)cccc3[nH]2)nc(OC)n1. The Morgan fingerprint density at radius 1 is 1.00 bits per heavy atom. The third kappa shape index (κ3) is 3.88. The molecule has 4 aromatic rings. The molecule has 0 amide bonds. The van der Waals surface area contributed by atoms with Crippen LogP contribution in [0.4, 0.5) is 0 Å². The number of carbonyl (C=O) groups excluding carboxylic acids is 2. The van der Waals surface area contributed by atoms with E-state index in [1.807, 2.05) is 0 Å². The Hall–Kier alpha value is -4.08. The number of hydrogen-bond acceptors (Lipinski definition) is 8. The number of Topliss-reactive ketones (excluding diaryl/α,β-unsaturated/α-hetero) is 2. The molecule has 0 aliphatic heterocycles. The number of nitrogens with zero attached hydrogens (tertiary/aromatic N) is 4. The summed E-state index contributed by atoms with van der Waals surface area (Å²) in [5.74, 6) is 0.807. The lowest BCUT2D eigenvalue weighted by Gasteiger charge is -2.04. The number of hydrogen-bond donors (Lipinski definition) is 2. The van der Waals surface area contributed by atoms with Crippen molar-refractivity contribution in [3.05, 3.63) is 59.6 Å². The minimum absolute atomic E-state index is 0.0353. The summed E-state index contributed by atoms with van der Waals surface area (Å²) in [5, 5.41) is 0. The van der Waals surface area contributed by atoms with Gasteiger partial charge >= 0.3 is 6.01 Å². The smallest absolute Gasteiger partial charge is 0.320 e. The van der Waals surface area contributed by atoms with Crippen LogP contribution in [0.3, 0.4) is 0 Å². The number of aromatic amines is 2. The fourth-order valence-corrected chi connectivity index (χ4v) is 3.02. The predicted molar refractivity (Wildman–Crippen MR) is 106 cm³/mol. The first-order valence-corrected chi connectivity index (χ1v) is 9.06. The van der Waals surface area contributed by atoms with Crippen LogP contribution in [0.1, 0.15) is 32.5 Å². The average Bonchev–Trinajstić information content (AvgIpc) is 3.42. The second-order valence-electron chi connectivity index (χ2n) is 6.40. The molecule has 0 saturated heterocycles. The van der Waals surface area contributed by atoms with Crippen molar-refractivity contribution >= 4 is 22.6 Å². The molecule has 3 aromatic heterocycles. The Morgan fingerprint density at radius 2 is 1.83 bits per heavy atom. The summed E-state index contributed by atoms with van der Waals surface area (Å²) in [6, 6.07) is 6.75. The van der Waals surface area contributed by atoms with Gasteiger partial charge in [-0.25, -0.2) is 9.97 Å². The third-order valence-electron chi connectivity index (χ3n) is 4.43. The zero-order chi connectivity index (χ0) is 21.1. The van der Waals surface area contributed by atoms with Gasteiger partial charge in [0.1, 0.15) is 17.3 Å². The van der Waals surface area contributed by atoms with Gasteiger partial charge in [-0.05, 0) is 12.1 Å². The quantitative estimate of drug-likeness (QED) is 0.424. The van der Waals surface area contributed by atoms with E-state index in [0.29, 0.717) is 28.2 Å². The number of fused-ring (bicyclic) bond motifs is 1. The molecule has 4 rings (SSSR count). The molecule has 0 spiro atoms. The second-order valence-corrected chi connectivity index (χ2v) is 6.40. The van der Waals surface area contributed by atoms with E-state index in [-0.39, 0.29) is 42.0 Å². The molecule has 0 aliphatic rings. The number of para-hydroxylation sites is 1. The zero-order valence-electron chi connectivity index (χ0n) is 16.3. The van der Waals surface area contributed by atoms with Crippen molar-refractivity contribution in [3.8, 4) is 11.9 Å². The number of carbonyl (C=O) groups is 2. The third-order valence-corrected chi connectivity index (χ3v) is 4.43. The number of ether oxygens (including phenoxy) is 2. The first-order chi connectivity index (χ1) is 14.6. The summed E-state index contributed by atoms with van der Waals surface area (Å²) in [4.78, 5) is 48.0. The minimum Gasteiger partial charge on any atom is -0.481 e. The summed E-state index contributed by atoms with van der Waals surface area (Å²) < 4.78 is 10.1. The maximum Gasteiger partial charge on any atom is 0.320 e. The Kier molecular flexibility index (Phi) is 5.21. The largest absolute Gasteiger partial charge is 0.481 e. The van der Waals surface area contributed by atoms with Gasteiger partial charge in [0, 0.05) is 24.0 Å². The molecule has 3 heterocycles. The lowest BCUT2D eigenvalue weighted by atomic mass is 10.1. The topological polar surface area (TPSA) is 136 Å². The molecule has 10 nitrogen and oxygen atoms in total. The van der Waals surface area contributed by atoms with E-state index in [0.717, 1.165) is 0 Å². The fourth-order valence-electron chi connectivity index (χ4n) is 3.02. The molecule has 0 saturated carbocycles. The van der Waals surface area contributed by atoms with Gasteiger partial charge in [0.2, 0.25) is 5.88 Å². The lowest BCUT2D eigenvalue weighted by Crippen LogP contribution is -2.09. The number of ketones is 2. The standard InChI is InChI=1S/C20H18N6O4/c1-29-18-8-13(24-20(26-18)30-2)15(28)10-17-23-12-5-3-4-11(19(12)25-17)14(27)9-16-21-6-7-22-16/h3-8H,9-10H2,1-2H3,(H,21,22)(H,23,25). The van der Waals surface area contributed by atoms with Crippen molar-refractivity contribution in [2.24, 2.45) is 0 Å². The van der Waals surface area contributed by atoms with Gasteiger partial charge < -0.3 is 19.4 Å². The first kappa shape index (κ1) is 19.2. The van der Waals surface area contributed by atoms with Crippen LogP contribution < -0.4 is 9.47 Å². The van der Waals surface area contributed by atoms with Gasteiger partial charge in [-0.3, -0.25) is 9.59 Å². The van der Waals surface area contributed by atoms with Gasteiger partial charge in [-0.2, -0.15) is 9.97 Å². The minimum atomic E-state index is -0.295. The van der Waals surface area contributed by atoms with E-state index in [9.17, 15) is 9.59 Å². The Morgan fingerprint density at radius 3 is 2.57 bits per heavy atom. The highest BCUT2D eigenvalue weighted by Gasteiger charge is 2.18. The molecule has 0 aliphatic carbocycles. The molecule has 0 atom stereocenters. The average molecular weight is 406 g/mol. The van der Waals surface area contributed by atoms with Crippen molar-refractivity contribution in [2.75, 3.05) is 14.2 Å². The highest BCUT2D eigenvalue weighted by Crippen LogP contribution is 2.20. The predicted octanol–water partition coefficient (Wildman–Crippen LogP) is 1.94. The Labute approximate surface area is 170 Å². The molecular weight excluding hydrogens is 388 g/mol. The Bertz CT molecular complexity index is 1190. The van der Waals surface area contributed by atoms with Gasteiger partial charge in [0.25, 0.3) is 0 Å². The van der Waals surface area contributed by atoms with Crippen LogP contribution in [-0.2, 0) is 12.8 Å². The summed E-state index contributed by atoms with van der Waals surface area (Å²) in [6.07, 6.45) is 3.36. The molecule has 0 unspecified atom stereocenters. The molecule has 2 N–H and O–H groups in total. The number of H-pyrrole nitrogens is 2. The van der Waals surface area contributed by atoms with Gasteiger partial charge in [0.05, 0.1) is 38.1 Å². The molecule has 0 radical (unpaired) electrons. The van der Waals surface area contributed by atoms with Crippen molar-refractivity contribution in [2.45, 2.75) is 12.8 Å². The molecule has 1 aromatic carbocycles. The number of imidazole rings is 2. The molecule has 10 heteroatoms. The van der Waals surface area contributed by atoms with E-state index < -0.39 is 0 Å². The number of aromatic nitrogens is 6. The molecule has 30 heavy (non-hydrogen) atoms. The van der Waals surface area contributed by atoms with Crippen molar-refractivity contribution in [1.29, 1.82) is 0 Å². The van der Waals surface area contributed by atoms with Crippen LogP contribution >= 0.6 is 0 Å². The highest BCUT2D eigenvalue weighted by atomic mass is 16.5. The van der Waals surface area contributed by atoms with Crippen LogP contribution in [0.15, 0.2) is 36.7 Å². The van der Waals surface area contributed by atoms with Crippen LogP contribution in [0.25, 0.3) is 11.0 Å². The van der Waals surface area contributed by atoms with Gasteiger partial charge in [-0.15, -0.1) is 0 Å². The van der Waals surface area contributed by atoms with Crippen molar-refractivity contribution < 1.29 is 19.1 Å². The summed E-state index contributed by atoms with van der Waals surface area (Å²) in [5.41, 5.74) is 1.79. The number of methoxy groups -OCH3 is 2. The van der Waals surface area contributed by atoms with Gasteiger partial charge in [-0.1, -0.05) is 6.07 Å². The van der Waals surface area contributed by atoms with Crippen molar-refractivity contribution in [1.82, 2.24) is 29.9 Å². The van der Waals surface area contributed by atoms with Crippen LogP contribution in [0.5, 0.6) is 11.9 Å².